The second kappa shape index (κ2) is 11.2. The number of nitrogens with zero attached hydrogens (tertiary/aromatic N) is 6. The van der Waals surface area contributed by atoms with Crippen molar-refractivity contribution >= 4 is 22.8 Å². The summed E-state index contributed by atoms with van der Waals surface area (Å²) in [7, 11) is 0. The number of likely N-dealkylation sites (tertiary alicyclic amines) is 1. The molecule has 5 heterocycles. The van der Waals surface area contributed by atoms with Crippen molar-refractivity contribution in [2.24, 2.45) is 5.41 Å². The molecule has 1 aliphatic carbocycles. The van der Waals surface area contributed by atoms with Gasteiger partial charge in [0.05, 0.1) is 23.6 Å². The van der Waals surface area contributed by atoms with Crippen LogP contribution in [0.5, 0.6) is 11.5 Å². The number of piperidine rings is 1. The molecule has 13 heteroatoms. The van der Waals surface area contributed by atoms with E-state index in [0.717, 1.165) is 56.6 Å². The fraction of sp³-hybridized carbons (Fsp3) is 0.382. The van der Waals surface area contributed by atoms with Crippen molar-refractivity contribution in [3.8, 4) is 29.0 Å². The summed E-state index contributed by atoms with van der Waals surface area (Å²) < 4.78 is 34.2. The first-order valence-electron chi connectivity index (χ1n) is 15.7. The van der Waals surface area contributed by atoms with Gasteiger partial charge in [-0.2, -0.15) is 5.26 Å². The van der Waals surface area contributed by atoms with Crippen molar-refractivity contribution in [3.63, 3.8) is 0 Å². The van der Waals surface area contributed by atoms with Crippen molar-refractivity contribution in [1.82, 2.24) is 29.6 Å². The molecule has 1 N–H and O–H groups in total. The molecule has 1 saturated carbocycles. The van der Waals surface area contributed by atoms with E-state index in [1.54, 1.807) is 25.3 Å². The molecule has 1 atom stereocenters. The lowest BCUT2D eigenvalue weighted by molar-refractivity contribution is -0.0712. The number of benzene rings is 2. The number of aromatic nitrogens is 5. The van der Waals surface area contributed by atoms with Gasteiger partial charge >= 0.3 is 5.76 Å². The maximum Gasteiger partial charge on any atom is 0.439 e. The first kappa shape index (κ1) is 29.7. The zero-order valence-corrected chi connectivity index (χ0v) is 26.4. The SMILES string of the molecule is CC1(c2ccc(Cl)cc2F)Oc2cccc(C3CCN(Cc4nc5cc(-c6noc(=O)[nH]6)cnc5n4CC4(C#N)CCC4)CC3)c2O1. The maximum absolute atomic E-state index is 14.9. The van der Waals surface area contributed by atoms with Crippen LogP contribution in [0.3, 0.4) is 0 Å². The van der Waals surface area contributed by atoms with E-state index in [1.165, 1.54) is 6.07 Å². The third-order valence-corrected chi connectivity index (χ3v) is 10.0. The molecule has 1 unspecified atom stereocenters. The number of nitrogens with one attached hydrogen (secondary N) is 1. The fourth-order valence-electron chi connectivity index (χ4n) is 7.08. The number of para-hydroxylation sites is 1. The Bertz CT molecular complexity index is 2110. The van der Waals surface area contributed by atoms with Crippen LogP contribution in [0, 0.1) is 22.6 Å². The van der Waals surface area contributed by atoms with Gasteiger partial charge in [0.25, 0.3) is 5.79 Å². The number of fused-ring (bicyclic) bond motifs is 2. The normalized spacial score (nSPS) is 20.7. The summed E-state index contributed by atoms with van der Waals surface area (Å²) in [4.78, 5) is 26.1. The molecule has 3 aromatic heterocycles. The molecule has 0 amide bonds. The summed E-state index contributed by atoms with van der Waals surface area (Å²) in [5.74, 6) is 0.191. The average molecular weight is 656 g/mol. The molecule has 0 radical (unpaired) electrons. The van der Waals surface area contributed by atoms with Crippen molar-refractivity contribution in [3.05, 3.63) is 87.0 Å². The molecule has 8 rings (SSSR count). The highest BCUT2D eigenvalue weighted by Gasteiger charge is 2.43. The molecule has 2 fully saturated rings. The number of hydrogen-bond donors (Lipinski definition) is 1. The molecule has 0 bridgehead atoms. The first-order valence-corrected chi connectivity index (χ1v) is 16.1. The van der Waals surface area contributed by atoms with Crippen LogP contribution in [-0.2, 0) is 18.9 Å². The number of H-pyrrole nitrogens is 1. The minimum absolute atomic E-state index is 0.228. The number of halogens is 2. The Morgan fingerprint density at radius 3 is 2.70 bits per heavy atom. The van der Waals surface area contributed by atoms with Gasteiger partial charge in [0.1, 0.15) is 17.2 Å². The van der Waals surface area contributed by atoms with E-state index >= 15 is 0 Å². The van der Waals surface area contributed by atoms with Crippen LogP contribution in [0.25, 0.3) is 22.6 Å². The Balaban J connectivity index is 1.02. The molecule has 3 aliphatic rings. The van der Waals surface area contributed by atoms with Crippen molar-refractivity contribution in [2.45, 2.75) is 63.8 Å². The smallest absolute Gasteiger partial charge is 0.439 e. The number of rotatable bonds is 7. The third kappa shape index (κ3) is 5.23. The molecule has 2 aliphatic heterocycles. The summed E-state index contributed by atoms with van der Waals surface area (Å²) >= 11 is 5.99. The molecule has 240 valence electrons. The molecule has 47 heavy (non-hydrogen) atoms. The third-order valence-electron chi connectivity index (χ3n) is 9.81. The molecule has 5 aromatic rings. The summed E-state index contributed by atoms with van der Waals surface area (Å²) in [6.45, 7) is 4.49. The van der Waals surface area contributed by atoms with Gasteiger partial charge in [0.15, 0.2) is 23.0 Å². The number of aromatic amines is 1. The predicted octanol–water partition coefficient (Wildman–Crippen LogP) is 6.28. The van der Waals surface area contributed by atoms with Crippen LogP contribution < -0.4 is 15.2 Å². The van der Waals surface area contributed by atoms with Crippen LogP contribution in [0.15, 0.2) is 58.0 Å². The van der Waals surface area contributed by atoms with Crippen LogP contribution >= 0.6 is 11.6 Å². The molecular weight excluding hydrogens is 625 g/mol. The summed E-state index contributed by atoms with van der Waals surface area (Å²) in [6.07, 6.45) is 6.14. The van der Waals surface area contributed by atoms with Crippen molar-refractivity contribution < 1.29 is 18.4 Å². The highest BCUT2D eigenvalue weighted by molar-refractivity contribution is 6.30. The highest BCUT2D eigenvalue weighted by atomic mass is 35.5. The maximum atomic E-state index is 14.9. The lowest BCUT2D eigenvalue weighted by Crippen LogP contribution is -2.36. The Hall–Kier alpha value is -4.73. The Morgan fingerprint density at radius 2 is 2.00 bits per heavy atom. The number of hydrogen-bond acceptors (Lipinski definition) is 9. The molecular formula is C34H31ClFN7O4. The van der Waals surface area contributed by atoms with Gasteiger partial charge < -0.3 is 14.0 Å². The molecule has 0 spiro atoms. The quantitative estimate of drug-likeness (QED) is 0.215. The van der Waals surface area contributed by atoms with Gasteiger partial charge in [-0.3, -0.25) is 14.4 Å². The minimum Gasteiger partial charge on any atom is -0.444 e. The van der Waals surface area contributed by atoms with Gasteiger partial charge in [0, 0.05) is 35.8 Å². The van der Waals surface area contributed by atoms with Gasteiger partial charge in [-0.05, 0) is 75.0 Å². The second-order valence-corrected chi connectivity index (χ2v) is 13.3. The lowest BCUT2D eigenvalue weighted by atomic mass is 9.70. The van der Waals surface area contributed by atoms with Crippen LogP contribution in [0.2, 0.25) is 5.02 Å². The molecule has 2 aromatic carbocycles. The summed E-state index contributed by atoms with van der Waals surface area (Å²) in [6, 6.07) is 14.8. The fourth-order valence-corrected chi connectivity index (χ4v) is 7.24. The second-order valence-electron chi connectivity index (χ2n) is 12.9. The van der Waals surface area contributed by atoms with E-state index in [-0.39, 0.29) is 17.3 Å². The zero-order chi connectivity index (χ0) is 32.3. The van der Waals surface area contributed by atoms with Crippen molar-refractivity contribution in [2.75, 3.05) is 13.1 Å². The standard InChI is InChI=1S/C34H31ClFN7O4/c1-33(24-7-6-22(35)15-25(24)36)45-27-5-2-4-23(29(27)46-33)20-8-12-42(13-9-20)17-28-39-26-14-21(30-40-32(44)47-41-30)16-38-31(26)43(28)19-34(18-37)10-3-11-34/h2,4-7,14-16,20H,3,8-13,17,19H2,1H3,(H,40,41,44). The van der Waals surface area contributed by atoms with Gasteiger partial charge in [0.2, 0.25) is 0 Å². The lowest BCUT2D eigenvalue weighted by Gasteiger charge is -2.36. The Morgan fingerprint density at radius 1 is 1.17 bits per heavy atom. The van der Waals surface area contributed by atoms with E-state index in [0.29, 0.717) is 46.3 Å². The van der Waals surface area contributed by atoms with E-state index in [1.807, 2.05) is 18.2 Å². The largest absolute Gasteiger partial charge is 0.444 e. The van der Waals surface area contributed by atoms with Crippen LogP contribution in [0.1, 0.15) is 61.9 Å². The van der Waals surface area contributed by atoms with E-state index in [2.05, 4.69) is 36.3 Å². The van der Waals surface area contributed by atoms with E-state index in [4.69, 9.17) is 31.0 Å². The number of pyridine rings is 1. The van der Waals surface area contributed by atoms with Gasteiger partial charge in [-0.1, -0.05) is 35.3 Å². The van der Waals surface area contributed by atoms with Crippen molar-refractivity contribution in [1.29, 1.82) is 5.26 Å². The monoisotopic (exact) mass is 655 g/mol. The number of imidazole rings is 1. The topological polar surface area (TPSA) is 135 Å². The predicted molar refractivity (Wildman–Crippen MR) is 169 cm³/mol. The van der Waals surface area contributed by atoms with Gasteiger partial charge in [-0.15, -0.1) is 0 Å². The minimum atomic E-state index is -1.30. The number of nitriles is 1. The Kier molecular flexibility index (Phi) is 7.07. The van der Waals surface area contributed by atoms with Crippen LogP contribution in [0.4, 0.5) is 4.39 Å². The van der Waals surface area contributed by atoms with E-state index in [9.17, 15) is 14.4 Å². The zero-order valence-electron chi connectivity index (χ0n) is 25.6. The summed E-state index contributed by atoms with van der Waals surface area (Å²) in [5.41, 5.74) is 2.88. The molecule has 11 nitrogen and oxygen atoms in total. The highest BCUT2D eigenvalue weighted by Crippen LogP contribution is 2.50. The average Bonchev–Trinajstić information content (AvgIpc) is 3.73. The van der Waals surface area contributed by atoms with E-state index < -0.39 is 22.8 Å². The molecule has 1 saturated heterocycles. The number of ether oxygens (including phenoxy) is 2. The van der Waals surface area contributed by atoms with Gasteiger partial charge in [-0.25, -0.2) is 19.2 Å². The Labute approximate surface area is 273 Å². The summed E-state index contributed by atoms with van der Waals surface area (Å²) in [5, 5.41) is 14.1. The van der Waals surface area contributed by atoms with Crippen LogP contribution in [-0.4, -0.2) is 42.7 Å². The first-order chi connectivity index (χ1) is 22.7.